The molecule has 0 aromatic heterocycles. The molecule has 4 heteroatoms. The van der Waals surface area contributed by atoms with Crippen LogP contribution in [0, 0.1) is 17.7 Å². The van der Waals surface area contributed by atoms with Crippen molar-refractivity contribution in [2.75, 3.05) is 0 Å². The van der Waals surface area contributed by atoms with Crippen LogP contribution in [0.1, 0.15) is 32.4 Å². The van der Waals surface area contributed by atoms with Gasteiger partial charge in [0.15, 0.2) is 0 Å². The van der Waals surface area contributed by atoms with E-state index in [1.54, 1.807) is 6.07 Å². The summed E-state index contributed by atoms with van der Waals surface area (Å²) in [5.74, 6) is 6.06. The summed E-state index contributed by atoms with van der Waals surface area (Å²) in [6.45, 7) is 6.27. The minimum absolute atomic E-state index is 0.0874. The molecular formula is C14H21FN2O. The maximum absolute atomic E-state index is 13.3. The van der Waals surface area contributed by atoms with Gasteiger partial charge in [-0.05, 0) is 37.5 Å². The highest BCUT2D eigenvalue weighted by Crippen LogP contribution is 2.40. The Morgan fingerprint density at radius 1 is 1.28 bits per heavy atom. The Morgan fingerprint density at radius 2 is 2.00 bits per heavy atom. The predicted molar refractivity (Wildman–Crippen MR) is 69.1 cm³/mol. The molecule has 0 aliphatic carbocycles. The van der Waals surface area contributed by atoms with Crippen molar-refractivity contribution in [3.8, 4) is 0 Å². The van der Waals surface area contributed by atoms with Crippen LogP contribution in [-0.4, -0.2) is 12.2 Å². The van der Waals surface area contributed by atoms with Crippen molar-refractivity contribution in [2.24, 2.45) is 17.7 Å². The fourth-order valence-electron chi connectivity index (χ4n) is 3.00. The zero-order chi connectivity index (χ0) is 13.3. The molecule has 3 N–H and O–H groups in total. The molecule has 0 bridgehead atoms. The number of ether oxygens (including phenoxy) is 1. The molecule has 2 rings (SSSR count). The minimum Gasteiger partial charge on any atom is -0.375 e. The molecular weight excluding hydrogens is 231 g/mol. The van der Waals surface area contributed by atoms with Crippen LogP contribution in [0.25, 0.3) is 0 Å². The van der Waals surface area contributed by atoms with Crippen molar-refractivity contribution >= 4 is 0 Å². The molecule has 100 valence electrons. The molecule has 5 unspecified atom stereocenters. The molecule has 1 aliphatic heterocycles. The molecule has 0 saturated carbocycles. The van der Waals surface area contributed by atoms with E-state index in [4.69, 9.17) is 10.6 Å². The first-order valence-corrected chi connectivity index (χ1v) is 6.41. The summed E-state index contributed by atoms with van der Waals surface area (Å²) in [6, 6.07) is 6.50. The lowest BCUT2D eigenvalue weighted by Crippen LogP contribution is -2.38. The van der Waals surface area contributed by atoms with E-state index in [1.165, 1.54) is 12.1 Å². The highest BCUT2D eigenvalue weighted by atomic mass is 19.1. The van der Waals surface area contributed by atoms with Gasteiger partial charge in [-0.1, -0.05) is 19.1 Å². The topological polar surface area (TPSA) is 47.3 Å². The maximum Gasteiger partial charge on any atom is 0.123 e. The number of hydrogen-bond donors (Lipinski definition) is 2. The normalized spacial score (nSPS) is 33.6. The molecule has 1 saturated heterocycles. The molecule has 18 heavy (non-hydrogen) atoms. The zero-order valence-electron chi connectivity index (χ0n) is 11.1. The Bertz CT molecular complexity index is 413. The van der Waals surface area contributed by atoms with Gasteiger partial charge in [0.1, 0.15) is 5.82 Å². The van der Waals surface area contributed by atoms with Crippen LogP contribution in [0.3, 0.4) is 0 Å². The molecule has 1 aromatic carbocycles. The van der Waals surface area contributed by atoms with Gasteiger partial charge in [0.25, 0.3) is 0 Å². The van der Waals surface area contributed by atoms with Gasteiger partial charge in [-0.25, -0.2) is 4.39 Å². The maximum atomic E-state index is 13.3. The smallest absolute Gasteiger partial charge is 0.123 e. The Kier molecular flexibility index (Phi) is 4.00. The van der Waals surface area contributed by atoms with Crippen LogP contribution in [-0.2, 0) is 4.74 Å². The molecule has 1 fully saturated rings. The molecule has 1 aromatic rings. The number of nitrogens with one attached hydrogen (secondary N) is 1. The fraction of sp³-hybridized carbons (Fsp3) is 0.571. The van der Waals surface area contributed by atoms with Crippen LogP contribution >= 0.6 is 0 Å². The first-order valence-electron chi connectivity index (χ1n) is 6.41. The molecule has 0 amide bonds. The van der Waals surface area contributed by atoms with Crippen molar-refractivity contribution in [3.63, 3.8) is 0 Å². The summed E-state index contributed by atoms with van der Waals surface area (Å²) in [5, 5.41) is 0. The first-order chi connectivity index (χ1) is 8.54. The average molecular weight is 252 g/mol. The first kappa shape index (κ1) is 13.5. The van der Waals surface area contributed by atoms with Gasteiger partial charge in [-0.3, -0.25) is 11.3 Å². The van der Waals surface area contributed by atoms with Crippen molar-refractivity contribution in [3.05, 3.63) is 35.6 Å². The Morgan fingerprint density at radius 3 is 2.50 bits per heavy atom. The number of hydrogen-bond acceptors (Lipinski definition) is 3. The number of rotatable bonds is 3. The van der Waals surface area contributed by atoms with Crippen LogP contribution in [0.4, 0.5) is 4.39 Å². The summed E-state index contributed by atoms with van der Waals surface area (Å²) < 4.78 is 19.2. The lowest BCUT2D eigenvalue weighted by molar-refractivity contribution is 0.0475. The van der Waals surface area contributed by atoms with Gasteiger partial charge in [0.2, 0.25) is 0 Å². The van der Waals surface area contributed by atoms with Gasteiger partial charge < -0.3 is 4.74 Å². The Labute approximate surface area is 107 Å². The molecule has 1 heterocycles. The number of nitrogens with two attached hydrogens (primary N) is 1. The highest BCUT2D eigenvalue weighted by molar-refractivity contribution is 5.22. The summed E-state index contributed by atoms with van der Waals surface area (Å²) in [4.78, 5) is 0. The quantitative estimate of drug-likeness (QED) is 0.641. The van der Waals surface area contributed by atoms with E-state index in [-0.39, 0.29) is 30.0 Å². The second-order valence-electron chi connectivity index (χ2n) is 5.18. The summed E-state index contributed by atoms with van der Waals surface area (Å²) in [7, 11) is 0. The molecule has 0 spiro atoms. The van der Waals surface area contributed by atoms with Crippen LogP contribution in [0.15, 0.2) is 24.3 Å². The summed E-state index contributed by atoms with van der Waals surface area (Å²) >= 11 is 0. The van der Waals surface area contributed by atoms with Crippen molar-refractivity contribution in [1.29, 1.82) is 0 Å². The third-order valence-corrected chi connectivity index (χ3v) is 4.09. The summed E-state index contributed by atoms with van der Waals surface area (Å²) in [6.07, 6.45) is 0.314. The molecule has 1 aliphatic rings. The minimum atomic E-state index is -0.236. The largest absolute Gasteiger partial charge is 0.375 e. The van der Waals surface area contributed by atoms with E-state index in [2.05, 4.69) is 19.3 Å². The van der Waals surface area contributed by atoms with Crippen molar-refractivity contribution in [2.45, 2.75) is 39.0 Å². The number of hydrazine groups is 1. The van der Waals surface area contributed by atoms with Gasteiger partial charge in [-0.15, -0.1) is 0 Å². The van der Waals surface area contributed by atoms with Crippen LogP contribution < -0.4 is 11.3 Å². The second-order valence-corrected chi connectivity index (χ2v) is 5.18. The predicted octanol–water partition coefficient (Wildman–Crippen LogP) is 2.39. The van der Waals surface area contributed by atoms with Crippen molar-refractivity contribution in [1.82, 2.24) is 5.43 Å². The van der Waals surface area contributed by atoms with Crippen molar-refractivity contribution < 1.29 is 9.13 Å². The van der Waals surface area contributed by atoms with E-state index in [9.17, 15) is 4.39 Å². The Hall–Kier alpha value is -0.970. The van der Waals surface area contributed by atoms with Gasteiger partial charge >= 0.3 is 0 Å². The van der Waals surface area contributed by atoms with Gasteiger partial charge in [0.05, 0.1) is 18.2 Å². The second kappa shape index (κ2) is 5.34. The van der Waals surface area contributed by atoms with Gasteiger partial charge in [0, 0.05) is 5.92 Å². The Balaban J connectivity index is 2.28. The van der Waals surface area contributed by atoms with E-state index < -0.39 is 0 Å². The third-order valence-electron chi connectivity index (χ3n) is 4.09. The number of benzene rings is 1. The molecule has 3 nitrogen and oxygen atoms in total. The van der Waals surface area contributed by atoms with Crippen LogP contribution in [0.2, 0.25) is 0 Å². The monoisotopic (exact) mass is 252 g/mol. The van der Waals surface area contributed by atoms with E-state index >= 15 is 0 Å². The average Bonchev–Trinajstić information content (AvgIpc) is 2.57. The molecule has 5 atom stereocenters. The van der Waals surface area contributed by atoms with E-state index in [0.29, 0.717) is 5.92 Å². The van der Waals surface area contributed by atoms with E-state index in [0.717, 1.165) is 5.56 Å². The fourth-order valence-corrected chi connectivity index (χ4v) is 3.00. The highest BCUT2D eigenvalue weighted by Gasteiger charge is 2.41. The van der Waals surface area contributed by atoms with Gasteiger partial charge in [-0.2, -0.15) is 0 Å². The third kappa shape index (κ3) is 2.41. The lowest BCUT2D eigenvalue weighted by Gasteiger charge is -2.28. The SMILES string of the molecule is CC1OC(C)C(C(NN)c2cccc(F)c2)C1C. The number of halogens is 1. The standard InChI is InChI=1S/C14H21FN2O/c1-8-9(2)18-10(3)13(8)14(17-16)11-5-4-6-12(15)7-11/h4-10,13-14,17H,16H2,1-3H3. The summed E-state index contributed by atoms with van der Waals surface area (Å²) in [5.41, 5.74) is 3.70. The lowest BCUT2D eigenvalue weighted by atomic mass is 9.81. The zero-order valence-corrected chi connectivity index (χ0v) is 11.1. The molecule has 0 radical (unpaired) electrons. The van der Waals surface area contributed by atoms with Crippen LogP contribution in [0.5, 0.6) is 0 Å². The van der Waals surface area contributed by atoms with E-state index in [1.807, 2.05) is 13.0 Å².